The van der Waals surface area contributed by atoms with Crippen LogP contribution in [0.4, 0.5) is 87.8 Å². The Morgan fingerprint density at radius 2 is 0.365 bits per heavy atom. The molecular weight excluding hydrogens is 1200 g/mol. The molecule has 0 heterocycles. The molecule has 0 radical (unpaired) electrons. The summed E-state index contributed by atoms with van der Waals surface area (Å²) >= 11 is 0. The van der Waals surface area contributed by atoms with Gasteiger partial charge >= 0.3 is 0 Å². The van der Waals surface area contributed by atoms with E-state index < -0.39 is 144 Å². The molecule has 0 aliphatic carbocycles. The molecule has 0 amide bonds. The largest absolute Gasteiger partial charge is 0.497 e. The third-order valence-corrected chi connectivity index (χ3v) is 17.4. The molecule has 0 aliphatic rings. The van der Waals surface area contributed by atoms with E-state index in [-0.39, 0.29) is 21.8 Å². The highest BCUT2D eigenvalue weighted by molar-refractivity contribution is 7.97. The van der Waals surface area contributed by atoms with Crippen molar-refractivity contribution in [3.8, 4) is 5.75 Å². The molecule has 10 aromatic rings. The minimum atomic E-state index is -7.22. The van der Waals surface area contributed by atoms with Gasteiger partial charge in [-0.25, -0.2) is 87.8 Å². The number of hydrogen-bond acceptors (Lipinski definition) is 1. The first-order chi connectivity index (χ1) is 40.5. The lowest BCUT2D eigenvalue weighted by Crippen LogP contribution is -2.81. The lowest BCUT2D eigenvalue weighted by atomic mass is 9.12. The highest BCUT2D eigenvalue weighted by Crippen LogP contribution is 2.35. The fourth-order valence-electron chi connectivity index (χ4n) is 9.19. The average molecular weight is 1240 g/mol. The van der Waals surface area contributed by atoms with E-state index in [9.17, 15) is 52.7 Å². The number of methoxy groups -OCH3 is 1. The van der Waals surface area contributed by atoms with Crippen LogP contribution in [0.3, 0.4) is 0 Å². The van der Waals surface area contributed by atoms with Gasteiger partial charge in [-0.3, -0.25) is 0 Å². The Hall–Kier alpha value is -8.64. The maximum atomic E-state index is 15.4. The number of halogens is 20. The number of rotatable bonds is 11. The van der Waals surface area contributed by atoms with E-state index in [4.69, 9.17) is 4.74 Å². The molecule has 85 heavy (non-hydrogen) atoms. The van der Waals surface area contributed by atoms with Gasteiger partial charge < -0.3 is 4.74 Å². The normalized spacial score (nSPS) is 11.3. The first-order valence-corrected chi connectivity index (χ1v) is 26.6. The van der Waals surface area contributed by atoms with Crippen LogP contribution in [-0.4, -0.2) is 13.3 Å². The van der Waals surface area contributed by atoms with Crippen molar-refractivity contribution < 1.29 is 92.5 Å². The molecule has 0 N–H and O–H groups in total. The molecule has 0 aromatic heterocycles. The minimum Gasteiger partial charge on any atom is -0.497 e. The van der Waals surface area contributed by atoms with Gasteiger partial charge in [-0.15, -0.1) is 21.9 Å². The van der Waals surface area contributed by atoms with Crippen molar-refractivity contribution in [2.45, 2.75) is 29.4 Å². The van der Waals surface area contributed by atoms with Crippen LogP contribution in [-0.2, 0) is 21.8 Å². The van der Waals surface area contributed by atoms with Gasteiger partial charge in [-0.2, -0.15) is 0 Å². The Labute approximate surface area is 475 Å². The summed E-state index contributed by atoms with van der Waals surface area (Å²) in [4.78, 5) is 8.04. The third kappa shape index (κ3) is 11.6. The molecule has 0 spiro atoms. The van der Waals surface area contributed by atoms with Crippen molar-refractivity contribution in [1.29, 1.82) is 0 Å². The van der Waals surface area contributed by atoms with Gasteiger partial charge in [0.15, 0.2) is 99.2 Å². The van der Waals surface area contributed by atoms with E-state index >= 15 is 35.1 Å². The minimum absolute atomic E-state index is 0.0146. The Morgan fingerprint density at radius 1 is 0.212 bits per heavy atom. The highest BCUT2D eigenvalue weighted by Gasteiger charge is 2.52. The molecular formula is C61H32BF20OS2+. The van der Waals surface area contributed by atoms with Crippen LogP contribution in [0.25, 0.3) is 0 Å². The van der Waals surface area contributed by atoms with Crippen LogP contribution in [0.15, 0.2) is 205 Å². The predicted octanol–water partition coefficient (Wildman–Crippen LogP) is 15.4. The fourth-order valence-corrected chi connectivity index (χ4v) is 13.4. The summed E-state index contributed by atoms with van der Waals surface area (Å²) in [6.07, 6.45) is -7.22. The van der Waals surface area contributed by atoms with Gasteiger partial charge in [0.25, 0.3) is 0 Å². The van der Waals surface area contributed by atoms with Gasteiger partial charge in [-0.1, -0.05) is 91.0 Å². The van der Waals surface area contributed by atoms with Crippen LogP contribution < -0.4 is 26.6 Å². The van der Waals surface area contributed by atoms with E-state index in [0.29, 0.717) is 0 Å². The van der Waals surface area contributed by atoms with Gasteiger partial charge in [0.1, 0.15) is 58.4 Å². The first-order valence-electron chi connectivity index (χ1n) is 24.1. The summed E-state index contributed by atoms with van der Waals surface area (Å²) in [7, 11) is 1.60. The fraction of sp³-hybridized carbons (Fsp3) is 0.0164. The topological polar surface area (TPSA) is 9.23 Å². The molecule has 436 valence electrons. The Morgan fingerprint density at radius 3 is 0.529 bits per heavy atom. The van der Waals surface area contributed by atoms with Crippen LogP contribution in [0, 0.1) is 116 Å². The van der Waals surface area contributed by atoms with Crippen molar-refractivity contribution in [3.63, 3.8) is 0 Å². The Kier molecular flexibility index (Phi) is 19.2. The molecule has 0 bridgehead atoms. The van der Waals surface area contributed by atoms with Crippen LogP contribution in [0.1, 0.15) is 0 Å². The van der Waals surface area contributed by atoms with Crippen molar-refractivity contribution in [2.75, 3.05) is 7.11 Å². The van der Waals surface area contributed by atoms with E-state index in [0.717, 1.165) is 5.75 Å². The molecule has 1 nitrogen and oxygen atoms in total. The summed E-state index contributed by atoms with van der Waals surface area (Å²) in [5.41, 5.74) is -14.3. The molecule has 10 aromatic carbocycles. The maximum Gasteiger partial charge on any atom is 0.200 e. The second-order valence-corrected chi connectivity index (χ2v) is 21.7. The van der Waals surface area contributed by atoms with Crippen LogP contribution >= 0.6 is 0 Å². The van der Waals surface area contributed by atoms with Crippen LogP contribution in [0.2, 0.25) is 0 Å². The molecule has 0 atom stereocenters. The summed E-state index contributed by atoms with van der Waals surface area (Å²) in [5.74, 6) is -70.5. The Balaban J connectivity index is 0.000000192. The van der Waals surface area contributed by atoms with E-state index in [1.807, 2.05) is 12.1 Å². The molecule has 0 aliphatic heterocycles. The molecule has 0 unspecified atom stereocenters. The summed E-state index contributed by atoms with van der Waals surface area (Å²) < 4.78 is 299. The summed E-state index contributed by atoms with van der Waals surface area (Å²) in [6.45, 7) is 0. The lowest BCUT2D eigenvalue weighted by molar-refractivity contribution is 0.378. The van der Waals surface area contributed by atoms with E-state index in [1.165, 1.54) is 29.4 Å². The summed E-state index contributed by atoms with van der Waals surface area (Å²) in [6, 6.07) is 61.8. The average Bonchev–Trinajstić information content (AvgIpc) is 0.737. The van der Waals surface area contributed by atoms with Crippen molar-refractivity contribution in [1.82, 2.24) is 0 Å². The van der Waals surface area contributed by atoms with Crippen molar-refractivity contribution in [3.05, 3.63) is 292 Å². The second kappa shape index (κ2) is 26.1. The zero-order chi connectivity index (χ0) is 61.8. The highest BCUT2D eigenvalue weighted by atomic mass is 32.2. The van der Waals surface area contributed by atoms with Gasteiger partial charge in [0, 0.05) is 0 Å². The SMILES string of the molecule is COc1ccc([S+](c2ccccc2)c2ccccc2)cc1.Fc1c(F)c(F)c([B-](c2c(F)c(F)c(F)c(F)c2F)(c2c(F)c(F)c(F)c(F)c2F)c2c(F)c(F)c(F)c(F)c2F)c(F)c1F.c1ccc([S+](c2ccccc2)c2ccccc2)cc1. The quantitative estimate of drug-likeness (QED) is 0.0412. The van der Waals surface area contributed by atoms with Gasteiger partial charge in [0.2, 0.25) is 0 Å². The maximum absolute atomic E-state index is 15.4. The molecule has 0 saturated heterocycles. The zero-order valence-corrected chi connectivity index (χ0v) is 44.2. The zero-order valence-electron chi connectivity index (χ0n) is 42.6. The smallest absolute Gasteiger partial charge is 0.200 e. The van der Waals surface area contributed by atoms with Gasteiger partial charge in [0.05, 0.1) is 28.9 Å². The molecule has 0 fully saturated rings. The van der Waals surface area contributed by atoms with Crippen LogP contribution in [0.5, 0.6) is 5.75 Å². The third-order valence-electron chi connectivity index (χ3n) is 12.9. The van der Waals surface area contributed by atoms with Gasteiger partial charge in [-0.05, 0) is 84.9 Å². The number of ether oxygens (including phenoxy) is 1. The molecule has 0 saturated carbocycles. The first kappa shape index (κ1) is 62.4. The molecule has 10 rings (SSSR count). The number of hydrogen-bond donors (Lipinski definition) is 0. The summed E-state index contributed by atoms with van der Waals surface area (Å²) in [5, 5.41) is 0. The van der Waals surface area contributed by atoms with E-state index in [2.05, 4.69) is 164 Å². The van der Waals surface area contributed by atoms with Crippen molar-refractivity contribution >= 4 is 49.8 Å². The molecule has 24 heteroatoms. The second-order valence-electron chi connectivity index (χ2n) is 17.7. The predicted molar refractivity (Wildman–Crippen MR) is 279 cm³/mol. The monoisotopic (exact) mass is 1240 g/mol. The van der Waals surface area contributed by atoms with E-state index in [1.54, 1.807) is 7.11 Å². The Bertz CT molecular complexity index is 3530. The standard InChI is InChI=1S/C24BF20.C19H17OS.C18H15S/c26-5-1(6(27)14(35)21(42)13(5)34)25(2-7(28)15(36)22(43)16(37)8(2)29,3-9(30)17(38)23(44)18(39)10(3)31)4-11(32)19(40)24(45)20(41)12(4)33;1-20-16-12-14-19(15-13-16)21(17-8-4-2-5-9-17)18-10-6-3-7-11-18;1-4-10-16(11-5-1)19(17-12-6-2-7-13-17)18-14-8-3-9-15-18/h;2-15H,1H3;1-15H/q-1;2*+1. The van der Waals surface area contributed by atoms with Crippen molar-refractivity contribution in [2.24, 2.45) is 0 Å². The lowest BCUT2D eigenvalue weighted by Gasteiger charge is -2.44. The number of benzene rings is 10.